The molecule has 152 valence electrons. The predicted molar refractivity (Wildman–Crippen MR) is 115 cm³/mol. The van der Waals surface area contributed by atoms with Crippen molar-refractivity contribution >= 4 is 29.7 Å². The summed E-state index contributed by atoms with van der Waals surface area (Å²) in [6.07, 6.45) is 0.731. The summed E-state index contributed by atoms with van der Waals surface area (Å²) < 4.78 is 10.6. The summed E-state index contributed by atoms with van der Waals surface area (Å²) in [5.74, 6) is -0.505. The van der Waals surface area contributed by atoms with Gasteiger partial charge in [0.05, 0.1) is 11.8 Å². The number of hydrogen-bond donors (Lipinski definition) is 1. The van der Waals surface area contributed by atoms with E-state index in [9.17, 15) is 9.59 Å². The van der Waals surface area contributed by atoms with Crippen LogP contribution in [-0.4, -0.2) is 25.2 Å². The van der Waals surface area contributed by atoms with Gasteiger partial charge in [0.25, 0.3) is 5.91 Å². The summed E-state index contributed by atoms with van der Waals surface area (Å²) in [5.41, 5.74) is 4.27. The normalized spacial score (nSPS) is 11.8. The van der Waals surface area contributed by atoms with Crippen molar-refractivity contribution in [2.45, 2.75) is 6.10 Å². The molecule has 0 unspecified atom stereocenters. The number of esters is 1. The third kappa shape index (κ3) is 5.76. The Balaban J connectivity index is 1.56. The SMILES string of the molecule is CO[C@@H](C(=O)N/N=C\c1ccc(OC(=O)c2cccc(Cl)c2)cc1)c1ccccc1. The van der Waals surface area contributed by atoms with Crippen LogP contribution in [0.3, 0.4) is 0 Å². The third-order valence-corrected chi connectivity index (χ3v) is 4.35. The second-order valence-electron chi connectivity index (χ2n) is 6.23. The molecule has 1 amide bonds. The zero-order valence-electron chi connectivity index (χ0n) is 16.1. The summed E-state index contributed by atoms with van der Waals surface area (Å²) in [5, 5.41) is 4.42. The smallest absolute Gasteiger partial charge is 0.343 e. The lowest BCUT2D eigenvalue weighted by Crippen LogP contribution is -2.26. The monoisotopic (exact) mass is 422 g/mol. The Morgan fingerprint density at radius 2 is 1.73 bits per heavy atom. The number of amides is 1. The Hall–Kier alpha value is -3.48. The maximum Gasteiger partial charge on any atom is 0.343 e. The Kier molecular flexibility index (Phi) is 7.32. The maximum absolute atomic E-state index is 12.3. The fraction of sp³-hybridized carbons (Fsp3) is 0.0870. The molecule has 0 spiro atoms. The van der Waals surface area contributed by atoms with Crippen molar-refractivity contribution in [1.29, 1.82) is 0 Å². The van der Waals surface area contributed by atoms with Crippen LogP contribution in [0, 0.1) is 0 Å². The largest absolute Gasteiger partial charge is 0.423 e. The van der Waals surface area contributed by atoms with Crippen LogP contribution in [0.5, 0.6) is 5.75 Å². The average molecular weight is 423 g/mol. The fourth-order valence-corrected chi connectivity index (χ4v) is 2.85. The summed E-state index contributed by atoms with van der Waals surface area (Å²) in [7, 11) is 1.46. The lowest BCUT2D eigenvalue weighted by Gasteiger charge is -2.13. The van der Waals surface area contributed by atoms with Gasteiger partial charge in [-0.1, -0.05) is 48.0 Å². The van der Waals surface area contributed by atoms with E-state index in [0.29, 0.717) is 21.9 Å². The minimum absolute atomic E-state index is 0.363. The summed E-state index contributed by atoms with van der Waals surface area (Å²) >= 11 is 5.89. The van der Waals surface area contributed by atoms with E-state index in [4.69, 9.17) is 21.1 Å². The molecule has 0 fully saturated rings. The number of methoxy groups -OCH3 is 1. The molecule has 0 saturated carbocycles. The highest BCUT2D eigenvalue weighted by Crippen LogP contribution is 2.17. The van der Waals surface area contributed by atoms with E-state index < -0.39 is 12.1 Å². The highest BCUT2D eigenvalue weighted by Gasteiger charge is 2.19. The molecule has 0 aliphatic carbocycles. The highest BCUT2D eigenvalue weighted by molar-refractivity contribution is 6.30. The number of rotatable bonds is 7. The lowest BCUT2D eigenvalue weighted by atomic mass is 10.1. The van der Waals surface area contributed by atoms with E-state index in [1.807, 2.05) is 18.2 Å². The summed E-state index contributed by atoms with van der Waals surface area (Å²) in [6, 6.07) is 22.3. The summed E-state index contributed by atoms with van der Waals surface area (Å²) in [4.78, 5) is 24.4. The van der Waals surface area contributed by atoms with Crippen LogP contribution in [0.2, 0.25) is 5.02 Å². The fourth-order valence-electron chi connectivity index (χ4n) is 2.65. The topological polar surface area (TPSA) is 77.0 Å². The molecule has 0 aliphatic rings. The minimum atomic E-state index is -0.753. The standard InChI is InChI=1S/C23H19ClN2O4/c1-29-21(17-6-3-2-4-7-17)22(27)26-25-15-16-10-12-20(13-11-16)30-23(28)18-8-5-9-19(24)14-18/h2-15,21H,1H3,(H,26,27)/b25-15-/t21-/m1/s1. The molecule has 1 N–H and O–H groups in total. The number of hydrazone groups is 1. The Morgan fingerprint density at radius 3 is 2.40 bits per heavy atom. The molecule has 3 aromatic rings. The van der Waals surface area contributed by atoms with Crippen molar-refractivity contribution < 1.29 is 19.1 Å². The van der Waals surface area contributed by atoms with Crippen molar-refractivity contribution in [3.8, 4) is 5.75 Å². The van der Waals surface area contributed by atoms with Gasteiger partial charge < -0.3 is 9.47 Å². The molecule has 0 bridgehead atoms. The number of ether oxygens (including phenoxy) is 2. The first kappa shape index (κ1) is 21.2. The number of carbonyl (C=O) groups excluding carboxylic acids is 2. The van der Waals surface area contributed by atoms with E-state index >= 15 is 0 Å². The van der Waals surface area contributed by atoms with Gasteiger partial charge in [-0.25, -0.2) is 10.2 Å². The second-order valence-corrected chi connectivity index (χ2v) is 6.67. The van der Waals surface area contributed by atoms with Gasteiger partial charge >= 0.3 is 5.97 Å². The van der Waals surface area contributed by atoms with Crippen LogP contribution in [-0.2, 0) is 9.53 Å². The Morgan fingerprint density at radius 1 is 1.00 bits per heavy atom. The van der Waals surface area contributed by atoms with Gasteiger partial charge in [-0.05, 0) is 53.6 Å². The van der Waals surface area contributed by atoms with E-state index in [1.54, 1.807) is 54.6 Å². The van der Waals surface area contributed by atoms with E-state index in [0.717, 1.165) is 5.56 Å². The molecular weight excluding hydrogens is 404 g/mol. The molecule has 7 heteroatoms. The Labute approximate surface area is 179 Å². The number of carbonyl (C=O) groups is 2. The van der Waals surface area contributed by atoms with Gasteiger partial charge in [-0.15, -0.1) is 0 Å². The van der Waals surface area contributed by atoms with Crippen LogP contribution >= 0.6 is 11.6 Å². The molecule has 3 rings (SSSR count). The minimum Gasteiger partial charge on any atom is -0.423 e. The zero-order valence-corrected chi connectivity index (χ0v) is 16.9. The van der Waals surface area contributed by atoms with Gasteiger partial charge in [0.15, 0.2) is 6.10 Å². The molecule has 6 nitrogen and oxygen atoms in total. The van der Waals surface area contributed by atoms with Gasteiger partial charge in [0.1, 0.15) is 5.75 Å². The van der Waals surface area contributed by atoms with Crippen molar-refractivity contribution in [2.24, 2.45) is 5.10 Å². The number of nitrogens with one attached hydrogen (secondary N) is 1. The molecule has 0 aromatic heterocycles. The molecule has 0 aliphatic heterocycles. The molecule has 3 aromatic carbocycles. The van der Waals surface area contributed by atoms with Gasteiger partial charge in [-0.2, -0.15) is 5.10 Å². The quantitative estimate of drug-likeness (QED) is 0.265. The molecule has 1 atom stereocenters. The molecule has 0 radical (unpaired) electrons. The van der Waals surface area contributed by atoms with Crippen LogP contribution in [0.15, 0.2) is 84.0 Å². The van der Waals surface area contributed by atoms with E-state index in [1.165, 1.54) is 19.4 Å². The van der Waals surface area contributed by atoms with Gasteiger partial charge in [0, 0.05) is 12.1 Å². The molecule has 0 saturated heterocycles. The van der Waals surface area contributed by atoms with Crippen LogP contribution in [0.25, 0.3) is 0 Å². The average Bonchev–Trinajstić information content (AvgIpc) is 2.76. The number of hydrogen-bond acceptors (Lipinski definition) is 5. The third-order valence-electron chi connectivity index (χ3n) is 4.12. The molecular formula is C23H19ClN2O4. The van der Waals surface area contributed by atoms with Crippen LogP contribution in [0.4, 0.5) is 0 Å². The van der Waals surface area contributed by atoms with Gasteiger partial charge in [0.2, 0.25) is 0 Å². The number of nitrogens with zero attached hydrogens (tertiary/aromatic N) is 1. The maximum atomic E-state index is 12.3. The van der Waals surface area contributed by atoms with Crippen molar-refractivity contribution in [3.63, 3.8) is 0 Å². The first-order valence-corrected chi connectivity index (χ1v) is 9.43. The van der Waals surface area contributed by atoms with Crippen molar-refractivity contribution in [1.82, 2.24) is 5.43 Å². The molecule has 0 heterocycles. The van der Waals surface area contributed by atoms with Crippen LogP contribution < -0.4 is 10.2 Å². The van der Waals surface area contributed by atoms with E-state index in [-0.39, 0.29) is 5.91 Å². The van der Waals surface area contributed by atoms with Crippen molar-refractivity contribution in [3.05, 3.63) is 101 Å². The first-order valence-electron chi connectivity index (χ1n) is 9.05. The predicted octanol–water partition coefficient (Wildman–Crippen LogP) is 4.40. The summed E-state index contributed by atoms with van der Waals surface area (Å²) in [6.45, 7) is 0. The number of halogens is 1. The van der Waals surface area contributed by atoms with Crippen molar-refractivity contribution in [2.75, 3.05) is 7.11 Å². The lowest BCUT2D eigenvalue weighted by molar-refractivity contribution is -0.131. The second kappa shape index (κ2) is 10.3. The van der Waals surface area contributed by atoms with Gasteiger partial charge in [-0.3, -0.25) is 4.79 Å². The van der Waals surface area contributed by atoms with E-state index in [2.05, 4.69) is 10.5 Å². The number of benzene rings is 3. The first-order chi connectivity index (χ1) is 14.6. The molecule has 30 heavy (non-hydrogen) atoms. The van der Waals surface area contributed by atoms with Crippen LogP contribution in [0.1, 0.15) is 27.6 Å². The zero-order chi connectivity index (χ0) is 21.3. The highest BCUT2D eigenvalue weighted by atomic mass is 35.5. The Bertz CT molecular complexity index is 1040.